The van der Waals surface area contributed by atoms with Gasteiger partial charge in [-0.2, -0.15) is 5.10 Å². The molecule has 106 valence electrons. The summed E-state index contributed by atoms with van der Waals surface area (Å²) in [5.41, 5.74) is 4.36. The van der Waals surface area contributed by atoms with Gasteiger partial charge < -0.3 is 0 Å². The summed E-state index contributed by atoms with van der Waals surface area (Å²) in [6, 6.07) is 3.24. The molecule has 0 radical (unpaired) electrons. The van der Waals surface area contributed by atoms with Gasteiger partial charge in [0.25, 0.3) is 0 Å². The normalized spacial score (nSPS) is 10.9. The van der Waals surface area contributed by atoms with Gasteiger partial charge >= 0.3 is 0 Å². The summed E-state index contributed by atoms with van der Waals surface area (Å²) >= 11 is 0. The Morgan fingerprint density at radius 1 is 1.25 bits per heavy atom. The van der Waals surface area contributed by atoms with Gasteiger partial charge in [-0.1, -0.05) is 6.07 Å². The first-order chi connectivity index (χ1) is 9.31. The molecule has 1 heterocycles. The highest BCUT2D eigenvalue weighted by atomic mass is 19.1. The highest BCUT2D eigenvalue weighted by Gasteiger charge is 2.19. The van der Waals surface area contributed by atoms with E-state index in [1.165, 1.54) is 6.07 Å². The van der Waals surface area contributed by atoms with Gasteiger partial charge in [0.2, 0.25) is 0 Å². The van der Waals surface area contributed by atoms with Crippen molar-refractivity contribution in [3.63, 3.8) is 0 Å². The number of halogens is 1. The molecule has 0 bridgehead atoms. The molecule has 0 N–H and O–H groups in total. The van der Waals surface area contributed by atoms with Gasteiger partial charge in [0.1, 0.15) is 5.82 Å². The average molecular weight is 274 g/mol. The minimum atomic E-state index is -0.438. The Balaban J connectivity index is 2.38. The van der Waals surface area contributed by atoms with Crippen molar-refractivity contribution in [3.8, 4) is 0 Å². The van der Waals surface area contributed by atoms with E-state index in [1.807, 2.05) is 33.9 Å². The number of rotatable bonds is 3. The number of hydrogen-bond donors (Lipinski definition) is 0. The third-order valence-corrected chi connectivity index (χ3v) is 3.71. The van der Waals surface area contributed by atoms with Gasteiger partial charge in [0.15, 0.2) is 5.78 Å². The Kier molecular flexibility index (Phi) is 3.75. The van der Waals surface area contributed by atoms with E-state index < -0.39 is 5.82 Å². The van der Waals surface area contributed by atoms with Crippen LogP contribution in [0.1, 0.15) is 38.4 Å². The maximum absolute atomic E-state index is 14.0. The highest BCUT2D eigenvalue weighted by Crippen LogP contribution is 2.20. The van der Waals surface area contributed by atoms with Crippen LogP contribution in [0.15, 0.2) is 12.1 Å². The predicted molar refractivity (Wildman–Crippen MR) is 76.6 cm³/mol. The highest BCUT2D eigenvalue weighted by molar-refractivity contribution is 5.99. The monoisotopic (exact) mass is 274 g/mol. The maximum atomic E-state index is 14.0. The number of aromatic nitrogens is 2. The molecule has 0 saturated heterocycles. The lowest BCUT2D eigenvalue weighted by Gasteiger charge is -2.08. The van der Waals surface area contributed by atoms with Crippen LogP contribution in [0.4, 0.5) is 4.39 Å². The fourth-order valence-electron chi connectivity index (χ4n) is 2.59. The molecule has 0 unspecified atom stereocenters. The molecule has 3 nitrogen and oxygen atoms in total. The molecule has 0 saturated carbocycles. The largest absolute Gasteiger partial charge is 0.294 e. The summed E-state index contributed by atoms with van der Waals surface area (Å²) in [5.74, 6) is -0.633. The topological polar surface area (TPSA) is 34.9 Å². The number of ketones is 1. The number of carbonyl (C=O) groups is 1. The minimum Gasteiger partial charge on any atom is -0.294 e. The Bertz CT molecular complexity index is 663. The lowest BCUT2D eigenvalue weighted by molar-refractivity contribution is 0.0988. The Morgan fingerprint density at radius 2 is 1.90 bits per heavy atom. The summed E-state index contributed by atoms with van der Waals surface area (Å²) in [6.45, 7) is 7.38. The lowest BCUT2D eigenvalue weighted by atomic mass is 9.96. The fourth-order valence-corrected chi connectivity index (χ4v) is 2.59. The quantitative estimate of drug-likeness (QED) is 0.805. The average Bonchev–Trinajstić information content (AvgIpc) is 2.54. The Morgan fingerprint density at radius 3 is 2.40 bits per heavy atom. The Labute approximate surface area is 118 Å². The van der Waals surface area contributed by atoms with E-state index in [4.69, 9.17) is 0 Å². The molecule has 1 aromatic heterocycles. The molecule has 0 aliphatic rings. The van der Waals surface area contributed by atoms with E-state index in [9.17, 15) is 9.18 Å². The summed E-state index contributed by atoms with van der Waals surface area (Å²) in [4.78, 5) is 12.4. The molecule has 0 atom stereocenters. The standard InChI is InChI=1S/C16H19FN2O/c1-9-6-10(2)16(14(17)7-9)15(20)8-13-11(3)18-19(5)12(13)4/h6-7H,8H2,1-5H3. The SMILES string of the molecule is Cc1cc(C)c(C(=O)Cc2c(C)nn(C)c2C)c(F)c1. The summed E-state index contributed by atoms with van der Waals surface area (Å²) in [7, 11) is 1.84. The second-order valence-corrected chi connectivity index (χ2v) is 5.31. The van der Waals surface area contributed by atoms with Crippen LogP contribution in [0, 0.1) is 33.5 Å². The van der Waals surface area contributed by atoms with Crippen molar-refractivity contribution in [3.05, 3.63) is 51.6 Å². The van der Waals surface area contributed by atoms with Gasteiger partial charge in [-0.25, -0.2) is 4.39 Å². The molecule has 0 spiro atoms. The van der Waals surface area contributed by atoms with Gasteiger partial charge in [-0.3, -0.25) is 9.48 Å². The third kappa shape index (κ3) is 2.50. The van der Waals surface area contributed by atoms with E-state index in [0.29, 0.717) is 5.56 Å². The van der Waals surface area contributed by atoms with Crippen molar-refractivity contribution in [1.82, 2.24) is 9.78 Å². The van der Waals surface area contributed by atoms with Gasteiger partial charge in [0, 0.05) is 24.7 Å². The van der Waals surface area contributed by atoms with Crippen molar-refractivity contribution in [2.45, 2.75) is 34.1 Å². The van der Waals surface area contributed by atoms with Crippen molar-refractivity contribution in [2.24, 2.45) is 7.05 Å². The molecule has 20 heavy (non-hydrogen) atoms. The molecule has 4 heteroatoms. The molecule has 0 aliphatic carbocycles. The van der Waals surface area contributed by atoms with Crippen LogP contribution in [0.3, 0.4) is 0 Å². The maximum Gasteiger partial charge on any atom is 0.170 e. The zero-order valence-electron chi connectivity index (χ0n) is 12.5. The van der Waals surface area contributed by atoms with Crippen LogP contribution >= 0.6 is 0 Å². The molecule has 2 aromatic rings. The molecule has 2 rings (SSSR count). The third-order valence-electron chi connectivity index (χ3n) is 3.71. The van der Waals surface area contributed by atoms with Crippen molar-refractivity contribution in [1.29, 1.82) is 0 Å². The van der Waals surface area contributed by atoms with Gasteiger partial charge in [-0.15, -0.1) is 0 Å². The molecule has 0 amide bonds. The van der Waals surface area contributed by atoms with Gasteiger partial charge in [0.05, 0.1) is 11.3 Å². The number of nitrogens with zero attached hydrogens (tertiary/aromatic N) is 2. The zero-order chi connectivity index (χ0) is 15.0. The number of Topliss-reactive ketones (excluding diaryl/α,β-unsaturated/α-hetero) is 1. The first-order valence-electron chi connectivity index (χ1n) is 6.60. The summed E-state index contributed by atoms with van der Waals surface area (Å²) in [5, 5.41) is 4.29. The van der Waals surface area contributed by atoms with Crippen LogP contribution in [0.2, 0.25) is 0 Å². The molecule has 0 aliphatic heterocycles. The van der Waals surface area contributed by atoms with Crippen LogP contribution in [-0.4, -0.2) is 15.6 Å². The van der Waals surface area contributed by atoms with Gasteiger partial charge in [-0.05, 0) is 44.9 Å². The van der Waals surface area contributed by atoms with E-state index in [1.54, 1.807) is 11.6 Å². The number of aryl methyl sites for hydroxylation is 4. The minimum absolute atomic E-state index is 0.187. The van der Waals surface area contributed by atoms with Crippen LogP contribution in [0.25, 0.3) is 0 Å². The van der Waals surface area contributed by atoms with Crippen molar-refractivity contribution < 1.29 is 9.18 Å². The van der Waals surface area contributed by atoms with E-state index in [-0.39, 0.29) is 17.8 Å². The number of benzene rings is 1. The van der Waals surface area contributed by atoms with Crippen molar-refractivity contribution in [2.75, 3.05) is 0 Å². The molecule has 0 fully saturated rings. The van der Waals surface area contributed by atoms with Crippen molar-refractivity contribution >= 4 is 5.78 Å². The van der Waals surface area contributed by atoms with E-state index in [0.717, 1.165) is 22.5 Å². The second-order valence-electron chi connectivity index (χ2n) is 5.31. The summed E-state index contributed by atoms with van der Waals surface area (Å²) in [6.07, 6.45) is 0.187. The first kappa shape index (κ1) is 14.4. The summed E-state index contributed by atoms with van der Waals surface area (Å²) < 4.78 is 15.8. The van der Waals surface area contributed by atoms with Crippen LogP contribution in [0.5, 0.6) is 0 Å². The zero-order valence-corrected chi connectivity index (χ0v) is 12.5. The lowest BCUT2D eigenvalue weighted by Crippen LogP contribution is -2.10. The predicted octanol–water partition coefficient (Wildman–Crippen LogP) is 3.22. The van der Waals surface area contributed by atoms with Crippen LogP contribution < -0.4 is 0 Å². The number of carbonyl (C=O) groups excluding carboxylic acids is 1. The number of hydrogen-bond acceptors (Lipinski definition) is 2. The fraction of sp³-hybridized carbons (Fsp3) is 0.375. The Hall–Kier alpha value is -1.97. The second kappa shape index (κ2) is 5.19. The van der Waals surface area contributed by atoms with Crippen LogP contribution in [-0.2, 0) is 13.5 Å². The molecular formula is C16H19FN2O. The van der Waals surface area contributed by atoms with E-state index in [2.05, 4.69) is 5.10 Å². The molecular weight excluding hydrogens is 255 g/mol. The molecule has 1 aromatic carbocycles. The van der Waals surface area contributed by atoms with E-state index >= 15 is 0 Å². The first-order valence-corrected chi connectivity index (χ1v) is 6.60. The smallest absolute Gasteiger partial charge is 0.170 e.